The van der Waals surface area contributed by atoms with Gasteiger partial charge >= 0.3 is 0 Å². The van der Waals surface area contributed by atoms with Gasteiger partial charge in [0.2, 0.25) is 5.91 Å². The maximum atomic E-state index is 11.8. The molecular formula is C13H21NO2S. The Morgan fingerprint density at radius 3 is 2.65 bits per heavy atom. The number of carbonyl (C=O) groups is 1. The summed E-state index contributed by atoms with van der Waals surface area (Å²) in [7, 11) is 0. The first-order chi connectivity index (χ1) is 8.00. The topological polar surface area (TPSA) is 38.3 Å². The Morgan fingerprint density at radius 1 is 1.41 bits per heavy atom. The summed E-state index contributed by atoms with van der Waals surface area (Å²) in [6, 6.07) is 4.06. The molecule has 0 bridgehead atoms. The molecule has 0 fully saturated rings. The number of ether oxygens (including phenoxy) is 1. The highest BCUT2D eigenvalue weighted by atomic mass is 32.1. The molecule has 1 rings (SSSR count). The van der Waals surface area contributed by atoms with Gasteiger partial charge in [0.1, 0.15) is 6.10 Å². The Labute approximate surface area is 107 Å². The lowest BCUT2D eigenvalue weighted by atomic mass is 10.2. The van der Waals surface area contributed by atoms with Crippen molar-refractivity contribution in [2.24, 2.45) is 5.92 Å². The molecule has 0 aromatic carbocycles. The second-order valence-corrected chi connectivity index (χ2v) is 5.59. The third-order valence-corrected chi connectivity index (χ3v) is 3.43. The van der Waals surface area contributed by atoms with E-state index in [1.165, 1.54) is 0 Å². The normalized spacial score (nSPS) is 14.6. The standard InChI is InChI=1S/C13H21NO2S/c1-9(2)8-16-11(4)13(15)14-10(3)12-6-5-7-17-12/h5-7,9-11H,8H2,1-4H3,(H,14,15)/t10-,11-/m0/s1. The van der Waals surface area contributed by atoms with Gasteiger partial charge in [0.05, 0.1) is 6.04 Å². The van der Waals surface area contributed by atoms with Crippen LogP contribution < -0.4 is 5.32 Å². The highest BCUT2D eigenvalue weighted by Crippen LogP contribution is 2.18. The number of hydrogen-bond acceptors (Lipinski definition) is 3. The van der Waals surface area contributed by atoms with Gasteiger partial charge in [-0.2, -0.15) is 0 Å². The van der Waals surface area contributed by atoms with Crippen LogP contribution in [0.4, 0.5) is 0 Å². The average Bonchev–Trinajstić information content (AvgIpc) is 2.78. The van der Waals surface area contributed by atoms with Gasteiger partial charge in [0.25, 0.3) is 0 Å². The molecule has 0 spiro atoms. The zero-order chi connectivity index (χ0) is 12.8. The summed E-state index contributed by atoms with van der Waals surface area (Å²) in [5.74, 6) is 0.395. The fourth-order valence-corrected chi connectivity index (χ4v) is 2.09. The van der Waals surface area contributed by atoms with E-state index >= 15 is 0 Å². The third kappa shape index (κ3) is 4.88. The molecule has 1 aromatic rings. The molecular weight excluding hydrogens is 234 g/mol. The van der Waals surface area contributed by atoms with E-state index in [0.29, 0.717) is 12.5 Å². The summed E-state index contributed by atoms with van der Waals surface area (Å²) in [6.45, 7) is 8.53. The Balaban J connectivity index is 2.38. The summed E-state index contributed by atoms with van der Waals surface area (Å²) in [5, 5.41) is 4.96. The largest absolute Gasteiger partial charge is 0.368 e. The molecule has 0 unspecified atom stereocenters. The molecule has 17 heavy (non-hydrogen) atoms. The van der Waals surface area contributed by atoms with Crippen LogP contribution in [0.5, 0.6) is 0 Å². The molecule has 1 aromatic heterocycles. The van der Waals surface area contributed by atoms with Gasteiger partial charge in [-0.25, -0.2) is 0 Å². The zero-order valence-electron chi connectivity index (χ0n) is 10.9. The summed E-state index contributed by atoms with van der Waals surface area (Å²) >= 11 is 1.65. The summed E-state index contributed by atoms with van der Waals surface area (Å²) in [5.41, 5.74) is 0. The lowest BCUT2D eigenvalue weighted by Crippen LogP contribution is -2.36. The van der Waals surface area contributed by atoms with Crippen molar-refractivity contribution in [3.63, 3.8) is 0 Å². The SMILES string of the molecule is CC(C)CO[C@@H](C)C(=O)N[C@@H](C)c1cccs1. The summed E-state index contributed by atoms with van der Waals surface area (Å²) in [4.78, 5) is 13.0. The van der Waals surface area contributed by atoms with Gasteiger partial charge < -0.3 is 10.1 Å². The maximum absolute atomic E-state index is 11.8. The van der Waals surface area contributed by atoms with Crippen LogP contribution in [-0.2, 0) is 9.53 Å². The van der Waals surface area contributed by atoms with Gasteiger partial charge in [0.15, 0.2) is 0 Å². The van der Waals surface area contributed by atoms with Crippen molar-refractivity contribution >= 4 is 17.2 Å². The fourth-order valence-electron chi connectivity index (χ4n) is 1.35. The first-order valence-electron chi connectivity index (χ1n) is 5.96. The van der Waals surface area contributed by atoms with Crippen LogP contribution in [0.1, 0.15) is 38.6 Å². The molecule has 1 amide bonds. The van der Waals surface area contributed by atoms with E-state index in [2.05, 4.69) is 19.2 Å². The predicted molar refractivity (Wildman–Crippen MR) is 71.1 cm³/mol. The van der Waals surface area contributed by atoms with Crippen molar-refractivity contribution in [2.75, 3.05) is 6.61 Å². The zero-order valence-corrected chi connectivity index (χ0v) is 11.7. The van der Waals surface area contributed by atoms with E-state index in [1.54, 1.807) is 18.3 Å². The molecule has 0 aliphatic heterocycles. The summed E-state index contributed by atoms with van der Waals surface area (Å²) < 4.78 is 5.47. The highest BCUT2D eigenvalue weighted by molar-refractivity contribution is 7.10. The van der Waals surface area contributed by atoms with E-state index in [9.17, 15) is 4.79 Å². The van der Waals surface area contributed by atoms with Crippen LogP contribution in [0.15, 0.2) is 17.5 Å². The van der Waals surface area contributed by atoms with Crippen molar-refractivity contribution in [1.82, 2.24) is 5.32 Å². The van der Waals surface area contributed by atoms with Crippen LogP contribution >= 0.6 is 11.3 Å². The van der Waals surface area contributed by atoms with Crippen molar-refractivity contribution in [1.29, 1.82) is 0 Å². The average molecular weight is 255 g/mol. The molecule has 1 heterocycles. The van der Waals surface area contributed by atoms with Crippen LogP contribution in [0.25, 0.3) is 0 Å². The molecule has 1 N–H and O–H groups in total. The molecule has 0 radical (unpaired) electrons. The van der Waals surface area contributed by atoms with E-state index in [4.69, 9.17) is 4.74 Å². The number of carbonyl (C=O) groups excluding carboxylic acids is 1. The molecule has 0 aliphatic rings. The molecule has 3 nitrogen and oxygen atoms in total. The van der Waals surface area contributed by atoms with Gasteiger partial charge in [-0.05, 0) is 31.2 Å². The van der Waals surface area contributed by atoms with E-state index in [1.807, 2.05) is 24.4 Å². The lowest BCUT2D eigenvalue weighted by molar-refractivity contribution is -0.133. The van der Waals surface area contributed by atoms with Crippen molar-refractivity contribution in [3.05, 3.63) is 22.4 Å². The lowest BCUT2D eigenvalue weighted by Gasteiger charge is -2.18. The monoisotopic (exact) mass is 255 g/mol. The van der Waals surface area contributed by atoms with Crippen LogP contribution in [0.3, 0.4) is 0 Å². The van der Waals surface area contributed by atoms with Gasteiger partial charge in [-0.1, -0.05) is 19.9 Å². The Hall–Kier alpha value is -0.870. The second-order valence-electron chi connectivity index (χ2n) is 4.62. The van der Waals surface area contributed by atoms with Gasteiger partial charge in [-0.15, -0.1) is 11.3 Å². The second kappa shape index (κ2) is 6.77. The molecule has 2 atom stereocenters. The van der Waals surface area contributed by atoms with Gasteiger partial charge in [0, 0.05) is 11.5 Å². The highest BCUT2D eigenvalue weighted by Gasteiger charge is 2.17. The van der Waals surface area contributed by atoms with Crippen molar-refractivity contribution < 1.29 is 9.53 Å². The van der Waals surface area contributed by atoms with E-state index in [-0.39, 0.29) is 18.1 Å². The molecule has 0 saturated heterocycles. The van der Waals surface area contributed by atoms with Crippen molar-refractivity contribution in [2.45, 2.75) is 39.8 Å². The Kier molecular flexibility index (Phi) is 5.65. The molecule has 96 valence electrons. The molecule has 0 aliphatic carbocycles. The minimum atomic E-state index is -0.389. The Bertz CT molecular complexity index is 335. The maximum Gasteiger partial charge on any atom is 0.249 e. The molecule has 4 heteroatoms. The predicted octanol–water partition coefficient (Wildman–Crippen LogP) is 2.99. The third-order valence-electron chi connectivity index (χ3n) is 2.38. The first kappa shape index (κ1) is 14.2. The fraction of sp³-hybridized carbons (Fsp3) is 0.615. The smallest absolute Gasteiger partial charge is 0.249 e. The summed E-state index contributed by atoms with van der Waals surface area (Å²) in [6.07, 6.45) is -0.389. The van der Waals surface area contributed by atoms with Gasteiger partial charge in [-0.3, -0.25) is 4.79 Å². The molecule has 0 saturated carbocycles. The van der Waals surface area contributed by atoms with Crippen LogP contribution in [-0.4, -0.2) is 18.6 Å². The number of thiophene rings is 1. The minimum absolute atomic E-state index is 0.0487. The Morgan fingerprint density at radius 2 is 2.12 bits per heavy atom. The van der Waals surface area contributed by atoms with Crippen LogP contribution in [0, 0.1) is 5.92 Å². The number of amides is 1. The number of rotatable bonds is 6. The number of hydrogen-bond donors (Lipinski definition) is 1. The number of nitrogens with one attached hydrogen (secondary N) is 1. The van der Waals surface area contributed by atoms with E-state index < -0.39 is 0 Å². The minimum Gasteiger partial charge on any atom is -0.368 e. The van der Waals surface area contributed by atoms with Crippen molar-refractivity contribution in [3.8, 4) is 0 Å². The first-order valence-corrected chi connectivity index (χ1v) is 6.84. The quantitative estimate of drug-likeness (QED) is 0.848. The van der Waals surface area contributed by atoms with Crippen LogP contribution in [0.2, 0.25) is 0 Å². The van der Waals surface area contributed by atoms with E-state index in [0.717, 1.165) is 4.88 Å².